The smallest absolute Gasteiger partial charge is 0.187 e. The summed E-state index contributed by atoms with van der Waals surface area (Å²) in [5, 5.41) is 139. The predicted octanol–water partition coefficient (Wildman–Crippen LogP) is -2.35. The van der Waals surface area contributed by atoms with Gasteiger partial charge in [-0.3, -0.25) is 0 Å². The summed E-state index contributed by atoms with van der Waals surface area (Å²) in [4.78, 5) is 0. The molecule has 13 N–H and O–H groups in total. The Labute approximate surface area is 437 Å². The Morgan fingerprint density at radius 1 is 0.613 bits per heavy atom. The van der Waals surface area contributed by atoms with Crippen LogP contribution >= 0.6 is 0 Å². The van der Waals surface area contributed by atoms with Gasteiger partial charge < -0.3 is 114 Å². The third-order valence-electron chi connectivity index (χ3n) is 19.9. The first-order valence-electron chi connectivity index (χ1n) is 27.2. The highest BCUT2D eigenvalue weighted by atomic mass is 16.8. The molecule has 5 aliphatic heterocycles. The van der Waals surface area contributed by atoms with Gasteiger partial charge in [0.05, 0.1) is 44.2 Å². The Kier molecular flexibility index (Phi) is 17.5. The number of rotatable bonds is 14. The molecule has 4 aliphatic carbocycles. The van der Waals surface area contributed by atoms with Gasteiger partial charge >= 0.3 is 0 Å². The van der Waals surface area contributed by atoms with E-state index in [1.807, 2.05) is 6.92 Å². The summed E-state index contributed by atoms with van der Waals surface area (Å²) >= 11 is 0. The first kappa shape index (κ1) is 58.3. The van der Waals surface area contributed by atoms with Crippen molar-refractivity contribution >= 4 is 0 Å². The number of hydrogen-bond acceptors (Lipinski definition) is 23. The zero-order valence-corrected chi connectivity index (χ0v) is 44.0. The summed E-state index contributed by atoms with van der Waals surface area (Å²) in [6, 6.07) is 0. The summed E-state index contributed by atoms with van der Waals surface area (Å²) in [7, 11) is 1.73. The minimum absolute atomic E-state index is 0.0586. The van der Waals surface area contributed by atoms with Crippen molar-refractivity contribution in [3.63, 3.8) is 0 Å². The lowest BCUT2D eigenvalue weighted by Gasteiger charge is -2.62. The first-order chi connectivity index (χ1) is 35.4. The van der Waals surface area contributed by atoms with Crippen molar-refractivity contribution in [1.82, 2.24) is 0 Å². The Morgan fingerprint density at radius 3 is 1.81 bits per heavy atom. The number of fused-ring (bicyclic) bond motifs is 7. The molecular weight excluding hydrogens is 993 g/mol. The molecule has 23 nitrogen and oxygen atoms in total. The molecule has 9 fully saturated rings. The van der Waals surface area contributed by atoms with Crippen molar-refractivity contribution in [2.24, 2.45) is 46.3 Å². The largest absolute Gasteiger partial charge is 0.492 e. The van der Waals surface area contributed by atoms with Crippen LogP contribution in [0.25, 0.3) is 0 Å². The zero-order valence-electron chi connectivity index (χ0n) is 44.0. The Hall–Kier alpha value is -1.34. The molecule has 9 aliphatic rings. The summed E-state index contributed by atoms with van der Waals surface area (Å²) in [6.45, 7) is 10.6. The molecule has 0 spiro atoms. The van der Waals surface area contributed by atoms with Gasteiger partial charge in [-0.25, -0.2) is 0 Å². The van der Waals surface area contributed by atoms with E-state index < -0.39 is 154 Å². The predicted molar refractivity (Wildman–Crippen MR) is 255 cm³/mol. The molecule has 0 radical (unpaired) electrons. The van der Waals surface area contributed by atoms with Crippen LogP contribution in [-0.2, 0) is 47.4 Å². The van der Waals surface area contributed by atoms with E-state index in [1.165, 1.54) is 13.8 Å². The lowest BCUT2D eigenvalue weighted by molar-refractivity contribution is -0.391. The van der Waals surface area contributed by atoms with Gasteiger partial charge in [-0.05, 0) is 119 Å². The Balaban J connectivity index is 0.867. The molecule has 5 heterocycles. The minimum atomic E-state index is -1.79. The fourth-order valence-electron chi connectivity index (χ4n) is 15.4. The van der Waals surface area contributed by atoms with Gasteiger partial charge in [0.25, 0.3) is 0 Å². The van der Waals surface area contributed by atoms with Crippen molar-refractivity contribution in [3.8, 4) is 0 Å². The van der Waals surface area contributed by atoms with Crippen LogP contribution in [0.2, 0.25) is 0 Å². The fraction of sp³-hybridized carbons (Fsp3) is 0.962. The van der Waals surface area contributed by atoms with Gasteiger partial charge in [-0.15, -0.1) is 0 Å². The van der Waals surface area contributed by atoms with E-state index in [0.717, 1.165) is 37.9 Å². The van der Waals surface area contributed by atoms with Gasteiger partial charge in [0.15, 0.2) is 25.2 Å². The molecule has 0 aromatic heterocycles. The normalized spacial score (nSPS) is 55.9. The maximum atomic E-state index is 12.2. The van der Waals surface area contributed by atoms with E-state index in [1.54, 1.807) is 7.11 Å². The molecule has 9 rings (SSSR count). The summed E-state index contributed by atoms with van der Waals surface area (Å²) in [5.41, 5.74) is -1.10. The quantitative estimate of drug-likeness (QED) is 0.0810. The number of hydrogen-bond donors (Lipinski definition) is 13. The van der Waals surface area contributed by atoms with E-state index in [9.17, 15) is 66.4 Å². The number of ether oxygens (including phenoxy) is 10. The third kappa shape index (κ3) is 10.3. The Bertz CT molecular complexity index is 1950. The van der Waals surface area contributed by atoms with Crippen LogP contribution in [0.1, 0.15) is 92.9 Å². The summed E-state index contributed by atoms with van der Waals surface area (Å²) in [6.07, 6.45) is -23.6. The minimum Gasteiger partial charge on any atom is -0.492 e. The van der Waals surface area contributed by atoms with E-state index in [2.05, 4.69) is 26.8 Å². The lowest BCUT2D eigenvalue weighted by atomic mass is 9.44. The molecule has 432 valence electrons. The zero-order chi connectivity index (χ0) is 54.4. The molecule has 23 heteroatoms. The molecule has 5 saturated heterocycles. The Morgan fingerprint density at radius 2 is 1.20 bits per heavy atom. The van der Waals surface area contributed by atoms with E-state index >= 15 is 0 Å². The van der Waals surface area contributed by atoms with Crippen molar-refractivity contribution in [2.45, 2.75) is 240 Å². The third-order valence-corrected chi connectivity index (χ3v) is 19.9. The van der Waals surface area contributed by atoms with Gasteiger partial charge in [-0.1, -0.05) is 20.8 Å². The number of allylic oxidation sites excluding steroid dienone is 1. The highest BCUT2D eigenvalue weighted by Gasteiger charge is 2.70. The second-order valence-corrected chi connectivity index (χ2v) is 24.3. The number of methoxy groups -OCH3 is 1. The average molecular weight is 1080 g/mol. The maximum Gasteiger partial charge on any atom is 0.187 e. The second kappa shape index (κ2) is 22.5. The topological polar surface area (TPSA) is 355 Å². The second-order valence-electron chi connectivity index (χ2n) is 24.3. The maximum absolute atomic E-state index is 12.2. The summed E-state index contributed by atoms with van der Waals surface area (Å²) < 4.78 is 61.1. The van der Waals surface area contributed by atoms with Crippen LogP contribution in [-0.4, -0.2) is 240 Å². The van der Waals surface area contributed by atoms with Crippen molar-refractivity contribution in [2.75, 3.05) is 26.9 Å². The van der Waals surface area contributed by atoms with E-state index in [0.29, 0.717) is 31.1 Å². The number of aliphatic hydroxyl groups excluding tert-OH is 13. The molecule has 0 aromatic rings. The highest BCUT2D eigenvalue weighted by molar-refractivity contribution is 5.27. The molecule has 75 heavy (non-hydrogen) atoms. The molecule has 0 unspecified atom stereocenters. The van der Waals surface area contributed by atoms with Crippen LogP contribution in [0.5, 0.6) is 0 Å². The van der Waals surface area contributed by atoms with Gasteiger partial charge in [0, 0.05) is 13.0 Å². The fourth-order valence-corrected chi connectivity index (χ4v) is 15.4. The van der Waals surface area contributed by atoms with E-state index in [4.69, 9.17) is 47.4 Å². The van der Waals surface area contributed by atoms with Crippen LogP contribution in [0.15, 0.2) is 11.8 Å². The molecule has 0 amide bonds. The molecule has 4 saturated carbocycles. The van der Waals surface area contributed by atoms with Crippen molar-refractivity contribution in [3.05, 3.63) is 11.8 Å². The molecule has 0 bridgehead atoms. The SMILES string of the molecule is CO[C@]1(C)/C(=C/C[C@H](C)CO[C@@H]2O[C@H](CO)[C@@H](O)[C@H](O)[C@H]2O)O[C@H]2C[C@H]3[C@@H]4CC[C@H]5C[C@@H](O[C@@H]6O[C@H](CO)[C@@H](O[C@@H]7O[C@@H](C)[C@H](O)[C@@H](O)[C@H]7O)[C@H](O)[C@H]6O[C@@H]6O[C@@H](C)[C@H](O)[C@@H](O)[C@H]6O)[C@H](O)C[C@]5(C)[C@H]4CC[C@]3(C)[C@H]21. The molecule has 0 aromatic carbocycles. The van der Waals surface area contributed by atoms with Gasteiger partial charge in [0.2, 0.25) is 0 Å². The average Bonchev–Trinajstić information content (AvgIpc) is 3.93. The van der Waals surface area contributed by atoms with Crippen molar-refractivity contribution < 1.29 is 114 Å². The van der Waals surface area contributed by atoms with Crippen molar-refractivity contribution in [1.29, 1.82) is 0 Å². The first-order valence-corrected chi connectivity index (χ1v) is 27.2. The number of aliphatic hydroxyl groups is 13. The lowest BCUT2D eigenvalue weighted by Crippen LogP contribution is -2.67. The standard InChI is InChI=1S/C52H86O23/c1-20(19-67-46-39(62)38(61)35(58)30(17-53)72-46)8-11-32-52(6,66-7)45-29(70-32)15-26-24-10-9-23-14-28(27(55)16-51(23,5)25(24)12-13-50(26,45)4)71-49-44(75-48-41(64)37(60)34(57)22(3)69-48)42(65)43(31(18-54)73-49)74-47-40(63)36(59)33(56)21(2)68-47/h11,20-31,33-49,53-65H,8-10,12-19H2,1-7H3/b32-11-/t20-,21-,22-,23-,24+,25-,26-,27+,28+,29-,30+,31+,33-,34-,35+,36+,37+,38-,39+,40+,41+,42-,43+,44+,45-,46+,47-,48-,49+,50-,51-,52+/m0/s1. The summed E-state index contributed by atoms with van der Waals surface area (Å²) in [5.74, 6) is 1.87. The van der Waals surface area contributed by atoms with Crippen LogP contribution in [0, 0.1) is 46.3 Å². The van der Waals surface area contributed by atoms with E-state index in [-0.39, 0.29) is 47.2 Å². The van der Waals surface area contributed by atoms with Crippen LogP contribution in [0.3, 0.4) is 0 Å². The monoisotopic (exact) mass is 1080 g/mol. The van der Waals surface area contributed by atoms with Gasteiger partial charge in [-0.2, -0.15) is 0 Å². The van der Waals surface area contributed by atoms with Crippen LogP contribution in [0.4, 0.5) is 0 Å². The molecule has 32 atom stereocenters. The molecular formula is C52H86O23. The highest BCUT2D eigenvalue weighted by Crippen LogP contribution is 2.71. The van der Waals surface area contributed by atoms with Gasteiger partial charge in [0.1, 0.15) is 103 Å². The van der Waals surface area contributed by atoms with Crippen LogP contribution < -0.4 is 0 Å².